The second-order valence-corrected chi connectivity index (χ2v) is 15.7. The number of nitrogens with one attached hydrogen (secondary N) is 1. The number of hydrogen-bond donors (Lipinski definition) is 2. The van der Waals surface area contributed by atoms with Crippen molar-refractivity contribution in [2.75, 3.05) is 10.2 Å². The highest BCUT2D eigenvalue weighted by Gasteiger charge is 2.16. The summed E-state index contributed by atoms with van der Waals surface area (Å²) < 4.78 is 0. The number of para-hydroxylation sites is 1. The summed E-state index contributed by atoms with van der Waals surface area (Å²) in [5.74, 6) is 0. The normalized spacial score (nSPS) is 11.0. The molecule has 0 saturated carbocycles. The Morgan fingerprint density at radius 3 is 1.39 bits per heavy atom. The molecule has 0 radical (unpaired) electrons. The largest absolute Gasteiger partial charge is 0.355 e. The van der Waals surface area contributed by atoms with E-state index in [1.165, 1.54) is 27.5 Å². The van der Waals surface area contributed by atoms with Gasteiger partial charge < -0.3 is 10.2 Å². The van der Waals surface area contributed by atoms with E-state index >= 15 is 0 Å². The molecule has 0 fully saturated rings. The topological polar surface area (TPSA) is 15.3 Å². The van der Waals surface area contributed by atoms with Gasteiger partial charge in [-0.05, 0) is 128 Å². The van der Waals surface area contributed by atoms with E-state index in [2.05, 4.69) is 241 Å². The van der Waals surface area contributed by atoms with Crippen LogP contribution in [0.1, 0.15) is 0 Å². The zero-order valence-corrected chi connectivity index (χ0v) is 34.4. The van der Waals surface area contributed by atoms with Gasteiger partial charge in [0.15, 0.2) is 0 Å². The summed E-state index contributed by atoms with van der Waals surface area (Å²) in [5, 5.41) is 6.19. The molecule has 61 heavy (non-hydrogen) atoms. The number of benzene rings is 10. The van der Waals surface area contributed by atoms with E-state index in [0.717, 1.165) is 72.3 Å². The summed E-state index contributed by atoms with van der Waals surface area (Å²) in [5.41, 5.74) is 16.9. The fourth-order valence-corrected chi connectivity index (χ4v) is 8.53. The SMILES string of the molecule is Sc1ccc(-c2ccc(N(c3ccc(-c4ccc(-c5ccccc5)c(Nc5ccccc5)c4)cc3)c3ccc(-c4cccc5ccccc45)cc3)cc2)cc1-c1ccccc1. The minimum atomic E-state index is 0.962. The van der Waals surface area contributed by atoms with Gasteiger partial charge >= 0.3 is 0 Å². The van der Waals surface area contributed by atoms with Crippen molar-refractivity contribution in [1.29, 1.82) is 0 Å². The minimum Gasteiger partial charge on any atom is -0.355 e. The molecule has 0 saturated heterocycles. The summed E-state index contributed by atoms with van der Waals surface area (Å²) >= 11 is 4.81. The summed E-state index contributed by atoms with van der Waals surface area (Å²) in [6, 6.07) is 86.5. The van der Waals surface area contributed by atoms with E-state index in [9.17, 15) is 0 Å². The van der Waals surface area contributed by atoms with Gasteiger partial charge in [0.2, 0.25) is 0 Å². The van der Waals surface area contributed by atoms with Crippen LogP contribution in [0.2, 0.25) is 0 Å². The van der Waals surface area contributed by atoms with Gasteiger partial charge in [0.25, 0.3) is 0 Å². The molecule has 0 unspecified atom stereocenters. The zero-order chi connectivity index (χ0) is 41.0. The molecule has 10 aromatic rings. The molecule has 0 aliphatic heterocycles. The third-order valence-corrected chi connectivity index (χ3v) is 11.8. The molecular weight excluding hydrogens is 757 g/mol. The van der Waals surface area contributed by atoms with Crippen molar-refractivity contribution in [2.45, 2.75) is 4.90 Å². The zero-order valence-electron chi connectivity index (χ0n) is 33.5. The van der Waals surface area contributed by atoms with E-state index < -0.39 is 0 Å². The lowest BCUT2D eigenvalue weighted by Crippen LogP contribution is -2.09. The fraction of sp³-hybridized carbons (Fsp3) is 0. The van der Waals surface area contributed by atoms with Crippen LogP contribution in [0.5, 0.6) is 0 Å². The molecule has 10 aromatic carbocycles. The first-order valence-electron chi connectivity index (χ1n) is 20.6. The number of nitrogens with zero attached hydrogens (tertiary/aromatic N) is 1. The van der Waals surface area contributed by atoms with Gasteiger partial charge in [-0.2, -0.15) is 0 Å². The lowest BCUT2D eigenvalue weighted by Gasteiger charge is -2.26. The smallest absolute Gasteiger partial charge is 0.0470 e. The molecule has 0 aromatic heterocycles. The van der Waals surface area contributed by atoms with Crippen LogP contribution in [-0.2, 0) is 0 Å². The third kappa shape index (κ3) is 7.95. The molecule has 0 amide bonds. The average molecular weight is 799 g/mol. The molecule has 0 heterocycles. The van der Waals surface area contributed by atoms with Crippen LogP contribution in [0, 0.1) is 0 Å². The van der Waals surface area contributed by atoms with E-state index in [-0.39, 0.29) is 0 Å². The molecule has 290 valence electrons. The third-order valence-electron chi connectivity index (χ3n) is 11.4. The Bertz CT molecular complexity index is 3070. The van der Waals surface area contributed by atoms with Gasteiger partial charge in [0, 0.05) is 38.9 Å². The highest BCUT2D eigenvalue weighted by Crippen LogP contribution is 2.40. The number of anilines is 5. The van der Waals surface area contributed by atoms with Crippen LogP contribution >= 0.6 is 12.6 Å². The van der Waals surface area contributed by atoms with E-state index in [1.54, 1.807) is 0 Å². The highest BCUT2D eigenvalue weighted by molar-refractivity contribution is 7.80. The summed E-state index contributed by atoms with van der Waals surface area (Å²) in [7, 11) is 0. The number of rotatable bonds is 10. The second-order valence-electron chi connectivity index (χ2n) is 15.2. The van der Waals surface area contributed by atoms with Gasteiger partial charge in [-0.25, -0.2) is 0 Å². The molecule has 0 atom stereocenters. The predicted octanol–water partition coefficient (Wildman–Crippen LogP) is 16.7. The predicted molar refractivity (Wildman–Crippen MR) is 263 cm³/mol. The highest BCUT2D eigenvalue weighted by atomic mass is 32.1. The van der Waals surface area contributed by atoms with Crippen LogP contribution in [0.25, 0.3) is 66.4 Å². The minimum absolute atomic E-state index is 0.962. The quantitative estimate of drug-likeness (QED) is 0.134. The van der Waals surface area contributed by atoms with Crippen molar-refractivity contribution in [3.63, 3.8) is 0 Å². The van der Waals surface area contributed by atoms with Crippen molar-refractivity contribution < 1.29 is 0 Å². The standard InChI is InChI=1S/C58H42N2S/c61-58-38-30-47(39-56(58)45-15-6-2-7-16-45)41-23-31-50(32-24-41)60(52-35-27-46(28-36-52)54-22-12-18-43-17-10-11-21-53(43)54)51-33-25-42(26-34-51)48-29-37-55(44-13-4-1-5-14-44)57(40-48)59-49-19-8-3-9-20-49/h1-40,59,61H. The molecule has 0 spiro atoms. The van der Waals surface area contributed by atoms with Crippen LogP contribution in [0.4, 0.5) is 28.4 Å². The molecule has 0 aliphatic rings. The first kappa shape index (κ1) is 37.7. The molecule has 0 bridgehead atoms. The van der Waals surface area contributed by atoms with Crippen molar-refractivity contribution in [3.8, 4) is 55.6 Å². The number of fused-ring (bicyclic) bond motifs is 1. The first-order chi connectivity index (χ1) is 30.1. The van der Waals surface area contributed by atoms with Gasteiger partial charge in [-0.3, -0.25) is 0 Å². The molecule has 3 heteroatoms. The summed E-state index contributed by atoms with van der Waals surface area (Å²) in [6.45, 7) is 0. The van der Waals surface area contributed by atoms with Gasteiger partial charge in [0.05, 0.1) is 0 Å². The maximum atomic E-state index is 4.81. The Labute approximate surface area is 363 Å². The van der Waals surface area contributed by atoms with E-state index in [1.807, 2.05) is 12.1 Å². The van der Waals surface area contributed by atoms with Crippen molar-refractivity contribution >= 4 is 51.8 Å². The summed E-state index contributed by atoms with van der Waals surface area (Å²) in [4.78, 5) is 3.30. The fourth-order valence-electron chi connectivity index (χ4n) is 8.26. The monoisotopic (exact) mass is 798 g/mol. The second kappa shape index (κ2) is 16.9. The Balaban J connectivity index is 1.02. The molecular formula is C58H42N2S. The van der Waals surface area contributed by atoms with Crippen molar-refractivity contribution in [3.05, 3.63) is 243 Å². The number of hydrogen-bond acceptors (Lipinski definition) is 3. The summed E-state index contributed by atoms with van der Waals surface area (Å²) in [6.07, 6.45) is 0. The van der Waals surface area contributed by atoms with Gasteiger partial charge in [0.1, 0.15) is 0 Å². The Kier molecular flexibility index (Phi) is 10.5. The molecule has 0 aliphatic carbocycles. The van der Waals surface area contributed by atoms with E-state index in [4.69, 9.17) is 12.6 Å². The van der Waals surface area contributed by atoms with Gasteiger partial charge in [-0.15, -0.1) is 12.6 Å². The lowest BCUT2D eigenvalue weighted by molar-refractivity contribution is 1.28. The van der Waals surface area contributed by atoms with E-state index in [0.29, 0.717) is 0 Å². The molecule has 2 nitrogen and oxygen atoms in total. The van der Waals surface area contributed by atoms with Crippen LogP contribution in [-0.4, -0.2) is 0 Å². The van der Waals surface area contributed by atoms with Crippen LogP contribution < -0.4 is 10.2 Å². The maximum absolute atomic E-state index is 4.81. The lowest BCUT2D eigenvalue weighted by atomic mass is 9.97. The maximum Gasteiger partial charge on any atom is 0.0470 e. The molecule has 1 N–H and O–H groups in total. The average Bonchev–Trinajstić information content (AvgIpc) is 3.33. The van der Waals surface area contributed by atoms with Gasteiger partial charge in [-0.1, -0.05) is 176 Å². The Hall–Kier alpha value is -7.59. The number of thiol groups is 1. The Morgan fingerprint density at radius 2 is 0.770 bits per heavy atom. The van der Waals surface area contributed by atoms with Crippen LogP contribution in [0.3, 0.4) is 0 Å². The Morgan fingerprint density at radius 1 is 0.311 bits per heavy atom. The van der Waals surface area contributed by atoms with Crippen molar-refractivity contribution in [1.82, 2.24) is 0 Å². The first-order valence-corrected chi connectivity index (χ1v) is 21.1. The molecule has 10 rings (SSSR count). The van der Waals surface area contributed by atoms with Crippen molar-refractivity contribution in [2.24, 2.45) is 0 Å². The van der Waals surface area contributed by atoms with Crippen LogP contribution in [0.15, 0.2) is 248 Å².